The smallest absolute Gasteiger partial charge is 0.224 e. The number of anilines is 1. The molecule has 1 N–H and O–H groups in total. The summed E-state index contributed by atoms with van der Waals surface area (Å²) in [4.78, 5) is 19.0. The lowest BCUT2D eigenvalue weighted by molar-refractivity contribution is -0.116. The van der Waals surface area contributed by atoms with Crippen molar-refractivity contribution in [3.63, 3.8) is 0 Å². The van der Waals surface area contributed by atoms with Gasteiger partial charge in [-0.3, -0.25) is 4.79 Å². The Balaban J connectivity index is 2.87. The van der Waals surface area contributed by atoms with E-state index in [1.807, 2.05) is 6.26 Å². The molecule has 0 aromatic carbocycles. The van der Waals surface area contributed by atoms with Gasteiger partial charge in [0.05, 0.1) is 4.47 Å². The summed E-state index contributed by atoms with van der Waals surface area (Å²) in [5.41, 5.74) is 0. The molecule has 1 heterocycles. The van der Waals surface area contributed by atoms with Gasteiger partial charge < -0.3 is 5.32 Å². The van der Waals surface area contributed by atoms with Crippen LogP contribution >= 0.6 is 39.3 Å². The van der Waals surface area contributed by atoms with Crippen molar-refractivity contribution in [2.24, 2.45) is 0 Å². The van der Waals surface area contributed by atoms with Crippen LogP contribution in [0.5, 0.6) is 0 Å². The molecule has 1 atom stereocenters. The highest BCUT2D eigenvalue weighted by atomic mass is 79.9. The van der Waals surface area contributed by atoms with Gasteiger partial charge in [-0.25, -0.2) is 4.98 Å². The van der Waals surface area contributed by atoms with Gasteiger partial charge in [-0.1, -0.05) is 0 Å². The first-order valence-electron chi connectivity index (χ1n) is 4.02. The average molecular weight is 311 g/mol. The molecule has 0 radical (unpaired) electrons. The van der Waals surface area contributed by atoms with Crippen LogP contribution in [0.3, 0.4) is 0 Å². The summed E-state index contributed by atoms with van der Waals surface area (Å²) >= 11 is 10.3. The molecule has 0 fully saturated rings. The van der Waals surface area contributed by atoms with Crippen molar-refractivity contribution in [1.82, 2.24) is 9.97 Å². The fourth-order valence-electron chi connectivity index (χ4n) is 0.898. The zero-order chi connectivity index (χ0) is 11.4. The second kappa shape index (κ2) is 5.67. The lowest BCUT2D eigenvalue weighted by atomic mass is 10.4. The monoisotopic (exact) mass is 309 g/mol. The highest BCUT2D eigenvalue weighted by molar-refractivity contribution is 9.10. The van der Waals surface area contributed by atoms with Gasteiger partial charge in [-0.05, 0) is 40.7 Å². The van der Waals surface area contributed by atoms with Gasteiger partial charge in [-0.15, -0.1) is 11.8 Å². The number of carbonyl (C=O) groups is 1. The Morgan fingerprint density at radius 3 is 2.93 bits per heavy atom. The van der Waals surface area contributed by atoms with Crippen LogP contribution in [0.2, 0.25) is 5.28 Å². The van der Waals surface area contributed by atoms with Crippen molar-refractivity contribution in [3.8, 4) is 0 Å². The first-order valence-corrected chi connectivity index (χ1v) is 6.48. The molecule has 4 nitrogen and oxygen atoms in total. The SMILES string of the molecule is CSC(Nc1nc(Cl)ncc1Br)C(C)=O. The van der Waals surface area contributed by atoms with E-state index in [4.69, 9.17) is 11.6 Å². The van der Waals surface area contributed by atoms with Crippen molar-refractivity contribution in [2.75, 3.05) is 11.6 Å². The third kappa shape index (κ3) is 3.62. The zero-order valence-corrected chi connectivity index (χ0v) is 11.3. The molecule has 0 saturated heterocycles. The molecular formula is C8H9BrClN3OS. The number of thioether (sulfide) groups is 1. The molecule has 82 valence electrons. The second-order valence-corrected chi connectivity index (χ2v) is 4.84. The average Bonchev–Trinajstić information content (AvgIpc) is 2.18. The Morgan fingerprint density at radius 2 is 2.40 bits per heavy atom. The van der Waals surface area contributed by atoms with Crippen molar-refractivity contribution in [1.29, 1.82) is 0 Å². The summed E-state index contributed by atoms with van der Waals surface area (Å²) in [6, 6.07) is 0. The minimum Gasteiger partial charge on any atom is -0.351 e. The highest BCUT2D eigenvalue weighted by Crippen LogP contribution is 2.22. The summed E-state index contributed by atoms with van der Waals surface area (Å²) in [7, 11) is 0. The number of rotatable bonds is 4. The Labute approximate surface area is 105 Å². The molecule has 7 heteroatoms. The standard InChI is InChI=1S/C8H9BrClN3OS/c1-4(14)7(15-2)12-6-5(9)3-11-8(10)13-6/h3,7H,1-2H3,(H,11,12,13). The van der Waals surface area contributed by atoms with E-state index in [1.165, 1.54) is 24.9 Å². The minimum atomic E-state index is -0.327. The predicted octanol–water partition coefficient (Wildman–Crippen LogP) is 2.58. The van der Waals surface area contributed by atoms with Crippen molar-refractivity contribution < 1.29 is 4.79 Å². The number of carbonyl (C=O) groups excluding carboxylic acids is 1. The summed E-state index contributed by atoms with van der Waals surface area (Å²) in [6.07, 6.45) is 3.38. The third-order valence-electron chi connectivity index (χ3n) is 1.59. The quantitative estimate of drug-likeness (QED) is 0.684. The molecule has 0 saturated carbocycles. The molecule has 1 unspecified atom stereocenters. The molecule has 1 aromatic rings. The van der Waals surface area contributed by atoms with Gasteiger partial charge in [0.15, 0.2) is 5.78 Å². The van der Waals surface area contributed by atoms with Crippen LogP contribution < -0.4 is 5.32 Å². The van der Waals surface area contributed by atoms with Crippen LogP contribution in [-0.2, 0) is 4.79 Å². The largest absolute Gasteiger partial charge is 0.351 e. The van der Waals surface area contributed by atoms with Crippen LogP contribution in [0.15, 0.2) is 10.7 Å². The normalized spacial score (nSPS) is 12.3. The van der Waals surface area contributed by atoms with Crippen LogP contribution in [0.25, 0.3) is 0 Å². The van der Waals surface area contributed by atoms with Crippen LogP contribution in [0.1, 0.15) is 6.92 Å². The summed E-state index contributed by atoms with van der Waals surface area (Å²) in [5, 5.41) is 2.78. The lowest BCUT2D eigenvalue weighted by Gasteiger charge is -2.14. The Hall–Kier alpha value is -0.330. The van der Waals surface area contributed by atoms with Crippen molar-refractivity contribution in [2.45, 2.75) is 12.3 Å². The third-order valence-corrected chi connectivity index (χ3v) is 3.27. The summed E-state index contributed by atoms with van der Waals surface area (Å²) in [6.45, 7) is 1.52. The number of aromatic nitrogens is 2. The van der Waals surface area contributed by atoms with E-state index < -0.39 is 0 Å². The van der Waals surface area contributed by atoms with E-state index in [0.29, 0.717) is 10.3 Å². The van der Waals surface area contributed by atoms with E-state index in [-0.39, 0.29) is 16.4 Å². The minimum absolute atomic E-state index is 0.0316. The van der Waals surface area contributed by atoms with E-state index in [9.17, 15) is 4.79 Å². The highest BCUT2D eigenvalue weighted by Gasteiger charge is 2.14. The summed E-state index contributed by atoms with van der Waals surface area (Å²) in [5.74, 6) is 0.550. The van der Waals surface area contributed by atoms with Crippen LogP contribution in [0, 0.1) is 0 Å². The van der Waals surface area contributed by atoms with Crippen LogP contribution in [-0.4, -0.2) is 27.4 Å². The first-order chi connectivity index (χ1) is 7.04. The van der Waals surface area contributed by atoms with Gasteiger partial charge in [-0.2, -0.15) is 4.98 Å². The fourth-order valence-corrected chi connectivity index (χ4v) is 1.90. The number of Topliss-reactive ketones (excluding diaryl/α,β-unsaturated/α-hetero) is 1. The number of ketones is 1. The molecule has 0 bridgehead atoms. The van der Waals surface area contributed by atoms with Crippen molar-refractivity contribution >= 4 is 50.9 Å². The van der Waals surface area contributed by atoms with E-state index in [2.05, 4.69) is 31.2 Å². The second-order valence-electron chi connectivity index (χ2n) is 2.71. The molecule has 0 spiro atoms. The van der Waals surface area contributed by atoms with E-state index in [0.717, 1.165) is 0 Å². The van der Waals surface area contributed by atoms with Gasteiger partial charge in [0.25, 0.3) is 0 Å². The van der Waals surface area contributed by atoms with E-state index >= 15 is 0 Å². The number of hydrogen-bond donors (Lipinski definition) is 1. The van der Waals surface area contributed by atoms with E-state index in [1.54, 1.807) is 0 Å². The molecule has 1 aromatic heterocycles. The molecule has 0 aliphatic carbocycles. The predicted molar refractivity (Wildman–Crippen MR) is 66.3 cm³/mol. The van der Waals surface area contributed by atoms with Crippen molar-refractivity contribution in [3.05, 3.63) is 16.0 Å². The fraction of sp³-hybridized carbons (Fsp3) is 0.375. The molecule has 0 aliphatic heterocycles. The molecular weight excluding hydrogens is 302 g/mol. The first kappa shape index (κ1) is 12.7. The molecule has 1 rings (SSSR count). The maximum atomic E-state index is 11.2. The van der Waals surface area contributed by atoms with Gasteiger partial charge >= 0.3 is 0 Å². The number of nitrogens with one attached hydrogen (secondary N) is 1. The van der Waals surface area contributed by atoms with Gasteiger partial charge in [0, 0.05) is 6.20 Å². The summed E-state index contributed by atoms with van der Waals surface area (Å²) < 4.78 is 0.673. The van der Waals surface area contributed by atoms with Gasteiger partial charge in [0.1, 0.15) is 11.2 Å². The maximum absolute atomic E-state index is 11.2. The topological polar surface area (TPSA) is 54.9 Å². The molecule has 0 aliphatic rings. The Morgan fingerprint density at radius 1 is 1.73 bits per heavy atom. The molecule has 0 amide bonds. The maximum Gasteiger partial charge on any atom is 0.224 e. The zero-order valence-electron chi connectivity index (χ0n) is 8.12. The lowest BCUT2D eigenvalue weighted by Crippen LogP contribution is -2.24. The molecule has 15 heavy (non-hydrogen) atoms. The van der Waals surface area contributed by atoms with Crippen LogP contribution in [0.4, 0.5) is 5.82 Å². The number of hydrogen-bond acceptors (Lipinski definition) is 5. The Bertz CT molecular complexity index is 377. The number of halogens is 2. The Kier molecular flexibility index (Phi) is 4.82. The van der Waals surface area contributed by atoms with Gasteiger partial charge in [0.2, 0.25) is 5.28 Å². The number of nitrogens with zero attached hydrogens (tertiary/aromatic N) is 2.